The second-order valence-electron chi connectivity index (χ2n) is 7.45. The number of esters is 1. The second-order valence-corrected chi connectivity index (χ2v) is 7.45. The summed E-state index contributed by atoms with van der Waals surface area (Å²) in [6.45, 7) is 5.34. The summed E-state index contributed by atoms with van der Waals surface area (Å²) in [6.07, 6.45) is 0. The molecule has 9 heteroatoms. The van der Waals surface area contributed by atoms with Gasteiger partial charge in [0, 0.05) is 16.8 Å². The molecule has 178 valence electrons. The third-order valence-corrected chi connectivity index (χ3v) is 4.69. The van der Waals surface area contributed by atoms with E-state index in [1.54, 1.807) is 67.6 Å². The summed E-state index contributed by atoms with van der Waals surface area (Å²) in [7, 11) is 0. The number of carbonyl (C=O) groups excluding carboxylic acids is 2. The van der Waals surface area contributed by atoms with Gasteiger partial charge in [-0.3, -0.25) is 4.79 Å². The number of carbonyl (C=O) groups is 2. The molecule has 0 aromatic heterocycles. The van der Waals surface area contributed by atoms with E-state index in [0.717, 1.165) is 0 Å². The van der Waals surface area contributed by atoms with Crippen molar-refractivity contribution in [2.45, 2.75) is 6.92 Å². The predicted octanol–water partition coefficient (Wildman–Crippen LogP) is 5.60. The van der Waals surface area contributed by atoms with Crippen molar-refractivity contribution in [2.24, 2.45) is 10.2 Å². The van der Waals surface area contributed by atoms with Crippen LogP contribution in [0.1, 0.15) is 28.4 Å². The highest BCUT2D eigenvalue weighted by Gasteiger charge is 2.08. The number of rotatable bonds is 9. The first-order valence-corrected chi connectivity index (χ1v) is 10.7. The number of amides is 1. The van der Waals surface area contributed by atoms with Gasteiger partial charge in [0.25, 0.3) is 5.91 Å². The Labute approximate surface area is 207 Å². The maximum atomic E-state index is 12.5. The van der Waals surface area contributed by atoms with Gasteiger partial charge >= 0.3 is 5.97 Å². The number of benzene rings is 3. The van der Waals surface area contributed by atoms with Crippen LogP contribution >= 0.6 is 0 Å². The Kier molecular flexibility index (Phi) is 8.63. The van der Waals surface area contributed by atoms with Gasteiger partial charge in [-0.2, -0.15) is 15.6 Å². The normalized spacial score (nSPS) is 10.2. The number of azo groups is 1. The Morgan fingerprint density at radius 1 is 0.944 bits per heavy atom. The Morgan fingerprint density at radius 2 is 1.67 bits per heavy atom. The van der Waals surface area contributed by atoms with Crippen LogP contribution in [0.25, 0.3) is 0 Å². The summed E-state index contributed by atoms with van der Waals surface area (Å²) >= 11 is 0. The summed E-state index contributed by atoms with van der Waals surface area (Å²) in [5.74, 6) is -0.238. The zero-order valence-corrected chi connectivity index (χ0v) is 19.4. The van der Waals surface area contributed by atoms with Crippen LogP contribution in [0.4, 0.5) is 17.1 Å². The molecule has 0 spiro atoms. The number of nitrogens with one attached hydrogen (secondary N) is 1. The highest BCUT2D eigenvalue weighted by atomic mass is 16.6. The van der Waals surface area contributed by atoms with Gasteiger partial charge in [0.1, 0.15) is 30.7 Å². The molecule has 1 N–H and O–H groups in total. The highest BCUT2D eigenvalue weighted by molar-refractivity contribution is 6.04. The van der Waals surface area contributed by atoms with E-state index < -0.39 is 5.97 Å². The number of ether oxygens (including phenoxy) is 2. The molecular weight excluding hydrogens is 458 g/mol. The molecule has 0 saturated heterocycles. The largest absolute Gasteiger partial charge is 0.490 e. The third kappa shape index (κ3) is 7.11. The van der Waals surface area contributed by atoms with Crippen molar-refractivity contribution < 1.29 is 19.1 Å². The topological polar surface area (TPSA) is 137 Å². The number of nitrogens with zero attached hydrogens (tertiary/aromatic N) is 4. The highest BCUT2D eigenvalue weighted by Crippen LogP contribution is 2.24. The fraction of sp³-hybridized carbons (Fsp3) is 0.111. The molecule has 0 unspecified atom stereocenters. The molecule has 0 aliphatic carbocycles. The number of nitriles is 2. The van der Waals surface area contributed by atoms with Crippen molar-refractivity contribution in [3.8, 4) is 17.9 Å². The minimum Gasteiger partial charge on any atom is -0.490 e. The molecule has 0 heterocycles. The van der Waals surface area contributed by atoms with E-state index in [1.807, 2.05) is 12.1 Å². The van der Waals surface area contributed by atoms with Crippen LogP contribution in [0, 0.1) is 22.7 Å². The van der Waals surface area contributed by atoms with Crippen LogP contribution in [-0.2, 0) is 9.53 Å². The van der Waals surface area contributed by atoms with Gasteiger partial charge in [-0.25, -0.2) is 4.79 Å². The molecule has 0 aliphatic rings. The van der Waals surface area contributed by atoms with E-state index in [4.69, 9.17) is 14.7 Å². The van der Waals surface area contributed by atoms with Gasteiger partial charge in [0.2, 0.25) is 0 Å². The van der Waals surface area contributed by atoms with Crippen molar-refractivity contribution in [3.63, 3.8) is 0 Å². The lowest BCUT2D eigenvalue weighted by molar-refractivity contribution is -0.139. The molecule has 0 saturated carbocycles. The number of hydrogen-bond acceptors (Lipinski definition) is 8. The van der Waals surface area contributed by atoms with Crippen molar-refractivity contribution in [3.05, 3.63) is 95.6 Å². The smallest absolute Gasteiger partial charge is 0.333 e. The summed E-state index contributed by atoms with van der Waals surface area (Å²) in [5.41, 5.74) is 2.82. The Morgan fingerprint density at radius 3 is 2.31 bits per heavy atom. The molecule has 0 fully saturated rings. The average Bonchev–Trinajstić information content (AvgIpc) is 2.90. The molecule has 9 nitrogen and oxygen atoms in total. The first kappa shape index (κ1) is 25.3. The van der Waals surface area contributed by atoms with Crippen LogP contribution in [0.2, 0.25) is 0 Å². The summed E-state index contributed by atoms with van der Waals surface area (Å²) in [5, 5.41) is 29.1. The second kappa shape index (κ2) is 12.3. The van der Waals surface area contributed by atoms with Gasteiger partial charge in [0.15, 0.2) is 0 Å². The molecule has 36 heavy (non-hydrogen) atoms. The molecule has 1 amide bonds. The monoisotopic (exact) mass is 479 g/mol. The number of hydrogen-bond donors (Lipinski definition) is 1. The first-order valence-electron chi connectivity index (χ1n) is 10.7. The summed E-state index contributed by atoms with van der Waals surface area (Å²) in [4.78, 5) is 23.9. The Hall–Kier alpha value is -5.28. The summed E-state index contributed by atoms with van der Waals surface area (Å²) in [6, 6.07) is 21.8. The molecule has 0 atom stereocenters. The van der Waals surface area contributed by atoms with Gasteiger partial charge in [-0.1, -0.05) is 6.58 Å². The number of anilines is 1. The van der Waals surface area contributed by atoms with Gasteiger partial charge in [0.05, 0.1) is 22.9 Å². The molecule has 0 bridgehead atoms. The van der Waals surface area contributed by atoms with E-state index >= 15 is 0 Å². The SMILES string of the molecule is C=C(C)C(=O)OCCOc1ccc(C(=O)Nc2ccc(N=Nc3ccc(C#N)cc3C#N)cc2)cc1. The Balaban J connectivity index is 1.53. The van der Waals surface area contributed by atoms with E-state index in [9.17, 15) is 14.9 Å². The maximum absolute atomic E-state index is 12.5. The van der Waals surface area contributed by atoms with E-state index in [2.05, 4.69) is 22.1 Å². The Bertz CT molecular complexity index is 1380. The van der Waals surface area contributed by atoms with Crippen molar-refractivity contribution in [1.29, 1.82) is 10.5 Å². The minimum absolute atomic E-state index is 0.0937. The lowest BCUT2D eigenvalue weighted by Crippen LogP contribution is -2.13. The minimum atomic E-state index is -0.471. The average molecular weight is 479 g/mol. The van der Waals surface area contributed by atoms with Gasteiger partial charge in [-0.15, -0.1) is 5.11 Å². The van der Waals surface area contributed by atoms with E-state index in [0.29, 0.717) is 39.5 Å². The third-order valence-electron chi connectivity index (χ3n) is 4.69. The van der Waals surface area contributed by atoms with Crippen molar-refractivity contribution >= 4 is 28.9 Å². The lowest BCUT2D eigenvalue weighted by atomic mass is 10.1. The van der Waals surface area contributed by atoms with E-state index in [1.165, 1.54) is 6.07 Å². The van der Waals surface area contributed by atoms with Crippen molar-refractivity contribution in [2.75, 3.05) is 18.5 Å². The molecule has 0 aliphatic heterocycles. The zero-order valence-electron chi connectivity index (χ0n) is 19.4. The fourth-order valence-electron chi connectivity index (χ4n) is 2.83. The van der Waals surface area contributed by atoms with Crippen LogP contribution in [0.3, 0.4) is 0 Å². The first-order chi connectivity index (χ1) is 17.4. The van der Waals surface area contributed by atoms with Crippen LogP contribution in [0.15, 0.2) is 89.1 Å². The molecule has 3 aromatic carbocycles. The van der Waals surface area contributed by atoms with Crippen LogP contribution in [-0.4, -0.2) is 25.1 Å². The van der Waals surface area contributed by atoms with Crippen LogP contribution in [0.5, 0.6) is 5.75 Å². The lowest BCUT2D eigenvalue weighted by Gasteiger charge is -2.09. The van der Waals surface area contributed by atoms with Crippen molar-refractivity contribution in [1.82, 2.24) is 0 Å². The molecular formula is C27H21N5O4. The quantitative estimate of drug-likeness (QED) is 0.184. The molecule has 3 aromatic rings. The zero-order chi connectivity index (χ0) is 25.9. The molecule has 0 radical (unpaired) electrons. The van der Waals surface area contributed by atoms with E-state index in [-0.39, 0.29) is 24.7 Å². The fourth-order valence-corrected chi connectivity index (χ4v) is 2.83. The van der Waals surface area contributed by atoms with Gasteiger partial charge in [-0.05, 0) is 73.7 Å². The maximum Gasteiger partial charge on any atom is 0.333 e. The molecule has 3 rings (SSSR count). The standard InChI is InChI=1S/C27H21N5O4/c1-18(2)27(34)36-14-13-35-24-10-4-20(5-11-24)26(33)30-22-6-8-23(9-7-22)31-32-25-12-3-19(16-28)15-21(25)17-29/h3-12,15H,1,13-14H2,2H3,(H,30,33). The van der Waals surface area contributed by atoms with Crippen LogP contribution < -0.4 is 10.1 Å². The predicted molar refractivity (Wildman–Crippen MR) is 132 cm³/mol. The summed E-state index contributed by atoms with van der Waals surface area (Å²) < 4.78 is 10.4. The van der Waals surface area contributed by atoms with Gasteiger partial charge < -0.3 is 14.8 Å².